The molecule has 0 aliphatic carbocycles. The highest BCUT2D eigenvalue weighted by Crippen LogP contribution is 2.31. The molecule has 3 rings (SSSR count). The van der Waals surface area contributed by atoms with Crippen molar-refractivity contribution in [1.29, 1.82) is 0 Å². The lowest BCUT2D eigenvalue weighted by molar-refractivity contribution is 0.581. The summed E-state index contributed by atoms with van der Waals surface area (Å²) in [6.07, 6.45) is 0. The van der Waals surface area contributed by atoms with E-state index in [0.717, 1.165) is 9.55 Å². The van der Waals surface area contributed by atoms with Crippen molar-refractivity contribution in [2.75, 3.05) is 0 Å². The minimum absolute atomic E-state index is 0.209. The van der Waals surface area contributed by atoms with Gasteiger partial charge in [0, 0.05) is 5.39 Å². The highest BCUT2D eigenvalue weighted by atomic mass is 32.2. The van der Waals surface area contributed by atoms with Crippen LogP contribution in [0.1, 0.15) is 11.3 Å². The summed E-state index contributed by atoms with van der Waals surface area (Å²) in [5, 5.41) is 5.04. The summed E-state index contributed by atoms with van der Waals surface area (Å²) in [6, 6.07) is 9.44. The molecule has 0 spiro atoms. The number of hydrogen-bond donors (Lipinski definition) is 0. The molecule has 0 saturated carbocycles. The second-order valence-electron chi connectivity index (χ2n) is 5.65. The number of aromatic nitrogens is 2. The predicted octanol–water partition coefficient (Wildman–Crippen LogP) is 2.11. The smallest absolute Gasteiger partial charge is 0.233 e. The van der Waals surface area contributed by atoms with Gasteiger partial charge < -0.3 is 0 Å². The van der Waals surface area contributed by atoms with Crippen LogP contribution in [-0.2, 0) is 10.0 Å². The Labute approximate surface area is 143 Å². The highest BCUT2D eigenvalue weighted by molar-refractivity contribution is 7.93. The average Bonchev–Trinajstić information content (AvgIpc) is 2.84. The van der Waals surface area contributed by atoms with Crippen molar-refractivity contribution in [2.45, 2.75) is 18.7 Å². The summed E-state index contributed by atoms with van der Waals surface area (Å²) >= 11 is 0. The molecule has 9 heteroatoms. The van der Waals surface area contributed by atoms with E-state index in [4.69, 9.17) is 0 Å². The fraction of sp³-hybridized carbons (Fsp3) is 0.133. The first-order valence-electron chi connectivity index (χ1n) is 7.21. The quantitative estimate of drug-likeness (QED) is 0.529. The van der Waals surface area contributed by atoms with E-state index in [1.807, 2.05) is 13.0 Å². The lowest BCUT2D eigenvalue weighted by atomic mass is 10.1. The van der Waals surface area contributed by atoms with Crippen LogP contribution in [0.5, 0.6) is 0 Å². The van der Waals surface area contributed by atoms with Gasteiger partial charge in [-0.25, -0.2) is 21.5 Å². The molecule has 124 valence electrons. The highest BCUT2D eigenvalue weighted by Gasteiger charge is 2.24. The first-order valence-corrected chi connectivity index (χ1v) is 9.17. The molecule has 5 nitrogen and oxygen atoms in total. The van der Waals surface area contributed by atoms with Gasteiger partial charge in [-0.05, 0) is 55.8 Å². The third kappa shape index (κ3) is 2.75. The van der Waals surface area contributed by atoms with Gasteiger partial charge in [0.15, 0.2) is 0 Å². The zero-order chi connectivity index (χ0) is 17.6. The van der Waals surface area contributed by atoms with Crippen molar-refractivity contribution in [3.05, 3.63) is 53.5 Å². The topological polar surface area (TPSA) is 55.2 Å². The zero-order valence-corrected chi connectivity index (χ0v) is 15.5. The molecule has 3 aromatic rings. The molecule has 0 fully saturated rings. The van der Waals surface area contributed by atoms with Crippen molar-refractivity contribution < 1.29 is 12.8 Å². The summed E-state index contributed by atoms with van der Waals surface area (Å²) < 4.78 is 41.2. The number of rotatable bonds is 3. The Hall–Kier alpha value is -1.76. The maximum Gasteiger partial charge on any atom is 0.236 e. The van der Waals surface area contributed by atoms with Crippen molar-refractivity contribution in [3.8, 4) is 5.69 Å². The Balaban J connectivity index is 2.38. The van der Waals surface area contributed by atoms with Crippen LogP contribution in [0.25, 0.3) is 16.6 Å². The number of halogens is 1. The summed E-state index contributed by atoms with van der Waals surface area (Å²) in [6.45, 7) is 3.60. The van der Waals surface area contributed by atoms with Gasteiger partial charge >= 0.3 is 0 Å². The fourth-order valence-corrected chi connectivity index (χ4v) is 4.15. The first-order chi connectivity index (χ1) is 11.2. The maximum absolute atomic E-state index is 13.2. The van der Waals surface area contributed by atoms with Gasteiger partial charge in [-0.1, -0.05) is 9.39 Å². The third-order valence-corrected chi connectivity index (χ3v) is 6.26. The molecule has 1 unspecified atom stereocenters. The van der Waals surface area contributed by atoms with Gasteiger partial charge in [0.25, 0.3) is 0 Å². The van der Waals surface area contributed by atoms with E-state index in [0.29, 0.717) is 22.3 Å². The molecule has 0 aliphatic heterocycles. The summed E-state index contributed by atoms with van der Waals surface area (Å²) in [5.41, 5.74) is 2.74. The van der Waals surface area contributed by atoms with Gasteiger partial charge in [-0.2, -0.15) is 5.10 Å². The summed E-state index contributed by atoms with van der Waals surface area (Å²) in [4.78, 5) is 0.209. The molecular formula is C15H16BFN3O2PS. The number of nitrogens with zero attached hydrogens (tertiary/aromatic N) is 3. The van der Waals surface area contributed by atoms with Crippen LogP contribution in [0, 0.1) is 19.7 Å². The van der Waals surface area contributed by atoms with Gasteiger partial charge in [0.2, 0.25) is 18.0 Å². The fourth-order valence-electron chi connectivity index (χ4n) is 2.66. The van der Waals surface area contributed by atoms with E-state index in [-0.39, 0.29) is 10.7 Å². The van der Waals surface area contributed by atoms with E-state index in [1.165, 1.54) is 20.1 Å². The molecule has 0 N–H and O–H groups in total. The monoisotopic (exact) mass is 363 g/mol. The van der Waals surface area contributed by atoms with E-state index >= 15 is 0 Å². The van der Waals surface area contributed by atoms with Gasteiger partial charge in [-0.3, -0.25) is 0 Å². The number of aryl methyl sites for hydroxylation is 2. The number of sulfonamides is 1. The van der Waals surface area contributed by atoms with E-state index < -0.39 is 10.0 Å². The Bertz CT molecular complexity index is 1030. The van der Waals surface area contributed by atoms with Crippen molar-refractivity contribution in [3.63, 3.8) is 0 Å². The maximum atomic E-state index is 13.2. The molecule has 0 bridgehead atoms. The zero-order valence-electron chi connectivity index (χ0n) is 13.5. The number of fused-ring (bicyclic) bond motifs is 1. The Morgan fingerprint density at radius 1 is 1.21 bits per heavy atom. The van der Waals surface area contributed by atoms with Crippen LogP contribution in [0.3, 0.4) is 0 Å². The third-order valence-electron chi connectivity index (χ3n) is 3.79. The minimum Gasteiger partial charge on any atom is -0.233 e. The molecule has 0 radical (unpaired) electrons. The van der Waals surface area contributed by atoms with Crippen molar-refractivity contribution in [1.82, 2.24) is 13.8 Å². The summed E-state index contributed by atoms with van der Waals surface area (Å²) in [5.74, 6) is -0.337. The van der Waals surface area contributed by atoms with Gasteiger partial charge in [0.05, 0.1) is 21.8 Å². The van der Waals surface area contributed by atoms with Gasteiger partial charge in [0.1, 0.15) is 5.82 Å². The Morgan fingerprint density at radius 3 is 2.42 bits per heavy atom. The van der Waals surface area contributed by atoms with Crippen molar-refractivity contribution >= 4 is 38.3 Å². The minimum atomic E-state index is -3.64. The van der Waals surface area contributed by atoms with E-state index in [1.54, 1.807) is 29.8 Å². The SMILES string of the molecule is BN(P)S(=O)(=O)c1cc(C)cc2c1c(C)nn2-c1ccc(F)cc1. The number of hydrogen-bond acceptors (Lipinski definition) is 3. The normalized spacial score (nSPS) is 12.2. The van der Waals surface area contributed by atoms with Crippen LogP contribution in [0.15, 0.2) is 41.3 Å². The average molecular weight is 363 g/mol. The molecule has 1 atom stereocenters. The molecule has 24 heavy (non-hydrogen) atoms. The van der Waals surface area contributed by atoms with Crippen LogP contribution in [0.2, 0.25) is 0 Å². The number of benzene rings is 2. The molecule has 1 aromatic heterocycles. The van der Waals surface area contributed by atoms with Crippen molar-refractivity contribution in [2.24, 2.45) is 0 Å². The van der Waals surface area contributed by atoms with Crippen LogP contribution in [0.4, 0.5) is 4.39 Å². The molecule has 0 saturated heterocycles. The molecule has 0 aliphatic rings. The lowest BCUT2D eigenvalue weighted by Crippen LogP contribution is -2.18. The Morgan fingerprint density at radius 2 is 1.83 bits per heavy atom. The Kier molecular flexibility index (Phi) is 4.24. The lowest BCUT2D eigenvalue weighted by Gasteiger charge is -2.14. The summed E-state index contributed by atoms with van der Waals surface area (Å²) in [7, 11) is -0.00486. The molecule has 0 amide bonds. The van der Waals surface area contributed by atoms with Crippen LogP contribution < -0.4 is 0 Å². The van der Waals surface area contributed by atoms with E-state index in [9.17, 15) is 12.8 Å². The van der Waals surface area contributed by atoms with Gasteiger partial charge in [-0.15, -0.1) is 0 Å². The second kappa shape index (κ2) is 5.95. The largest absolute Gasteiger partial charge is 0.236 e. The molecule has 2 aromatic carbocycles. The standard InChI is InChI=1S/C15H16BFN3O2PS/c1-9-7-13-15(14(8-9)24(21,22)20(16)23)10(2)18-19(13)12-5-3-11(17)4-6-12/h3-8H,16,23H2,1-2H3. The van der Waals surface area contributed by atoms with Crippen LogP contribution >= 0.6 is 9.39 Å². The molecule has 1 heterocycles. The van der Waals surface area contributed by atoms with Crippen LogP contribution in [-0.4, -0.2) is 30.2 Å². The predicted molar refractivity (Wildman–Crippen MR) is 97.8 cm³/mol. The first kappa shape index (κ1) is 17.1. The second-order valence-corrected chi connectivity index (χ2v) is 8.77. The van der Waals surface area contributed by atoms with E-state index in [2.05, 4.69) is 14.5 Å². The molecular weight excluding hydrogens is 347 g/mol.